The summed E-state index contributed by atoms with van der Waals surface area (Å²) in [5, 5.41) is 14.3. The first-order valence-electron chi connectivity index (χ1n) is 10.6. The molecular formula is C23H29Cl2N5O2. The molecule has 1 amide bonds. The summed E-state index contributed by atoms with van der Waals surface area (Å²) in [6.45, 7) is 13.5. The van der Waals surface area contributed by atoms with E-state index < -0.39 is 0 Å². The number of rotatable bonds is 7. The Bertz CT molecular complexity index is 987. The number of aromatic nitrogens is 2. The van der Waals surface area contributed by atoms with Gasteiger partial charge < -0.3 is 20.2 Å². The third kappa shape index (κ3) is 5.45. The lowest BCUT2D eigenvalue weighted by molar-refractivity contribution is 0.0668. The van der Waals surface area contributed by atoms with E-state index in [4.69, 9.17) is 23.2 Å². The molecule has 2 heterocycles. The maximum absolute atomic E-state index is 12.6. The van der Waals surface area contributed by atoms with Crippen LogP contribution in [0.3, 0.4) is 0 Å². The number of phenols is 1. The van der Waals surface area contributed by atoms with Gasteiger partial charge in [-0.25, -0.2) is 9.97 Å². The van der Waals surface area contributed by atoms with Gasteiger partial charge in [-0.2, -0.15) is 0 Å². The molecule has 0 saturated carbocycles. The van der Waals surface area contributed by atoms with Gasteiger partial charge in [-0.15, -0.1) is 0 Å². The van der Waals surface area contributed by atoms with E-state index >= 15 is 0 Å². The van der Waals surface area contributed by atoms with Gasteiger partial charge in [-0.1, -0.05) is 39.0 Å². The number of hydrogen-bond donors (Lipinski definition) is 2. The van der Waals surface area contributed by atoms with E-state index in [1.54, 1.807) is 11.0 Å². The van der Waals surface area contributed by atoms with Gasteiger partial charge in [0.15, 0.2) is 0 Å². The molecule has 0 atom stereocenters. The van der Waals surface area contributed by atoms with Crippen molar-refractivity contribution in [3.63, 3.8) is 0 Å². The average molecular weight is 478 g/mol. The van der Waals surface area contributed by atoms with Crippen LogP contribution < -0.4 is 5.32 Å². The Labute approximate surface area is 199 Å². The van der Waals surface area contributed by atoms with Gasteiger partial charge in [-0.3, -0.25) is 4.79 Å². The number of benzene rings is 1. The topological polar surface area (TPSA) is 81.6 Å². The maximum atomic E-state index is 12.6. The monoisotopic (exact) mass is 477 g/mol. The van der Waals surface area contributed by atoms with Gasteiger partial charge in [0, 0.05) is 55.4 Å². The van der Waals surface area contributed by atoms with Gasteiger partial charge in [0.25, 0.3) is 5.91 Å². The summed E-state index contributed by atoms with van der Waals surface area (Å²) in [6.07, 6.45) is 3.81. The number of phenolic OH excluding ortho intramolecular Hbond substituents is 1. The highest BCUT2D eigenvalue weighted by Crippen LogP contribution is 2.38. The van der Waals surface area contributed by atoms with Gasteiger partial charge in [0.1, 0.15) is 5.75 Å². The summed E-state index contributed by atoms with van der Waals surface area (Å²) < 4.78 is 0. The number of hydrogen-bond acceptors (Lipinski definition) is 6. The zero-order chi connectivity index (χ0) is 23.5. The number of piperazine rings is 1. The molecule has 0 spiro atoms. The molecule has 0 bridgehead atoms. The quantitative estimate of drug-likeness (QED) is 0.449. The van der Waals surface area contributed by atoms with Crippen LogP contribution in [0.25, 0.3) is 0 Å². The van der Waals surface area contributed by atoms with Crippen LogP contribution in [-0.4, -0.2) is 63.5 Å². The van der Waals surface area contributed by atoms with Crippen LogP contribution >= 0.6 is 23.2 Å². The van der Waals surface area contributed by atoms with E-state index in [1.165, 1.54) is 12.4 Å². The Kier molecular flexibility index (Phi) is 7.51. The lowest BCUT2D eigenvalue weighted by Gasteiger charge is -2.37. The maximum Gasteiger partial charge on any atom is 0.257 e. The molecule has 0 unspecified atom stereocenters. The fourth-order valence-electron chi connectivity index (χ4n) is 3.55. The van der Waals surface area contributed by atoms with Crippen LogP contribution in [0.5, 0.6) is 5.75 Å². The number of carbonyl (C=O) groups excluding carboxylic acids is 1. The Morgan fingerprint density at radius 3 is 2.34 bits per heavy atom. The molecule has 32 heavy (non-hydrogen) atoms. The Morgan fingerprint density at radius 2 is 1.75 bits per heavy atom. The van der Waals surface area contributed by atoms with Crippen LogP contribution in [0.1, 0.15) is 43.1 Å². The summed E-state index contributed by atoms with van der Waals surface area (Å²) in [7, 11) is 0. The number of halogens is 2. The molecule has 1 fully saturated rings. The zero-order valence-electron chi connectivity index (χ0n) is 18.7. The second-order valence-corrected chi connectivity index (χ2v) is 9.27. The molecule has 9 heteroatoms. The molecule has 2 N–H and O–H groups in total. The molecule has 172 valence electrons. The molecule has 1 aliphatic rings. The molecule has 2 aromatic rings. The van der Waals surface area contributed by atoms with E-state index in [0.717, 1.165) is 17.7 Å². The lowest BCUT2D eigenvalue weighted by atomic mass is 9.82. The molecule has 1 saturated heterocycles. The van der Waals surface area contributed by atoms with Crippen LogP contribution in [0, 0.1) is 0 Å². The van der Waals surface area contributed by atoms with Crippen molar-refractivity contribution >= 4 is 34.8 Å². The number of nitrogens with zero attached hydrogens (tertiary/aromatic N) is 4. The Balaban J connectivity index is 1.57. The molecule has 0 radical (unpaired) electrons. The molecule has 1 aromatic heterocycles. The van der Waals surface area contributed by atoms with Crippen molar-refractivity contribution in [1.29, 1.82) is 0 Å². The van der Waals surface area contributed by atoms with E-state index in [2.05, 4.69) is 47.5 Å². The third-order valence-corrected chi connectivity index (χ3v) is 6.57. The SMILES string of the molecule is C=C(CNc1cc(C(C)(C)CC)c(Cl)cc1O)N1CCN(C(=O)c2cnc(Cl)nc2)CC1. The van der Waals surface area contributed by atoms with Gasteiger partial charge >= 0.3 is 0 Å². The third-order valence-electron chi connectivity index (χ3n) is 6.06. The van der Waals surface area contributed by atoms with E-state index in [1.807, 2.05) is 6.07 Å². The van der Waals surface area contributed by atoms with Crippen LogP contribution in [0.4, 0.5) is 5.69 Å². The second kappa shape index (κ2) is 9.96. The van der Waals surface area contributed by atoms with E-state index in [-0.39, 0.29) is 22.4 Å². The number of anilines is 1. The normalized spacial score (nSPS) is 14.4. The van der Waals surface area contributed by atoms with Gasteiger partial charge in [0.05, 0.1) is 17.8 Å². The largest absolute Gasteiger partial charge is 0.506 e. The summed E-state index contributed by atoms with van der Waals surface area (Å²) in [5.74, 6) is 0.00117. The first-order chi connectivity index (χ1) is 15.1. The molecule has 1 aromatic carbocycles. The van der Waals surface area contributed by atoms with E-state index in [0.29, 0.717) is 49.0 Å². The number of nitrogens with one attached hydrogen (secondary N) is 1. The number of carbonyl (C=O) groups is 1. The van der Waals surface area contributed by atoms with Gasteiger partial charge in [-0.05, 0) is 35.1 Å². The highest BCUT2D eigenvalue weighted by Gasteiger charge is 2.25. The number of amides is 1. The van der Waals surface area contributed by atoms with Crippen molar-refractivity contribution in [2.75, 3.05) is 38.0 Å². The Hall–Kier alpha value is -2.51. The average Bonchev–Trinajstić information content (AvgIpc) is 2.78. The highest BCUT2D eigenvalue weighted by atomic mass is 35.5. The minimum Gasteiger partial charge on any atom is -0.506 e. The summed E-state index contributed by atoms with van der Waals surface area (Å²) in [4.78, 5) is 24.3. The summed E-state index contributed by atoms with van der Waals surface area (Å²) in [5.41, 5.74) is 2.83. The van der Waals surface area contributed by atoms with Crippen molar-refractivity contribution < 1.29 is 9.90 Å². The first kappa shape index (κ1) is 24.1. The predicted octanol–water partition coefficient (Wildman–Crippen LogP) is 4.56. The molecule has 7 nitrogen and oxygen atoms in total. The fraction of sp³-hybridized carbons (Fsp3) is 0.435. The number of aromatic hydroxyl groups is 1. The van der Waals surface area contributed by atoms with Crippen molar-refractivity contribution in [1.82, 2.24) is 19.8 Å². The molecular weight excluding hydrogens is 449 g/mol. The predicted molar refractivity (Wildman–Crippen MR) is 129 cm³/mol. The lowest BCUT2D eigenvalue weighted by Crippen LogP contribution is -2.48. The minimum absolute atomic E-state index is 0.101. The van der Waals surface area contributed by atoms with Crippen LogP contribution in [0.15, 0.2) is 36.8 Å². The van der Waals surface area contributed by atoms with Crippen molar-refractivity contribution in [3.05, 3.63) is 58.2 Å². The second-order valence-electron chi connectivity index (χ2n) is 8.53. The zero-order valence-corrected chi connectivity index (χ0v) is 20.2. The standard InChI is InChI=1S/C23H29Cl2N5O2/c1-5-23(3,4)17-10-19(20(31)11-18(17)24)26-12-15(2)29-6-8-30(9-7-29)21(32)16-13-27-22(25)28-14-16/h10-11,13-14,26,31H,2,5-9,12H2,1,3-4H3. The van der Waals surface area contributed by atoms with Crippen LogP contribution in [0.2, 0.25) is 10.3 Å². The molecule has 3 rings (SSSR count). The minimum atomic E-state index is -0.109. The molecule has 1 aliphatic heterocycles. The van der Waals surface area contributed by atoms with Gasteiger partial charge in [0.2, 0.25) is 5.28 Å². The van der Waals surface area contributed by atoms with E-state index in [9.17, 15) is 9.90 Å². The summed E-state index contributed by atoms with van der Waals surface area (Å²) >= 11 is 12.1. The Morgan fingerprint density at radius 1 is 1.16 bits per heavy atom. The fourth-order valence-corrected chi connectivity index (χ4v) is 4.06. The smallest absolute Gasteiger partial charge is 0.257 e. The van der Waals surface area contributed by atoms with Crippen LogP contribution in [-0.2, 0) is 5.41 Å². The summed E-state index contributed by atoms with van der Waals surface area (Å²) in [6, 6.07) is 3.50. The molecule has 0 aliphatic carbocycles. The van der Waals surface area contributed by atoms with Crippen molar-refractivity contribution in [2.45, 2.75) is 32.6 Å². The van der Waals surface area contributed by atoms with Crippen molar-refractivity contribution in [2.24, 2.45) is 0 Å². The first-order valence-corrected chi connectivity index (χ1v) is 11.3. The van der Waals surface area contributed by atoms with Crippen molar-refractivity contribution in [3.8, 4) is 5.75 Å². The highest BCUT2D eigenvalue weighted by molar-refractivity contribution is 6.31.